The highest BCUT2D eigenvalue weighted by atomic mass is 16.5. The Hall–Kier alpha value is -3.67. The Morgan fingerprint density at radius 3 is 2.59 bits per heavy atom. The Balaban J connectivity index is 1.66. The first-order valence-electron chi connectivity index (χ1n) is 9.48. The Labute approximate surface area is 169 Å². The monoisotopic (exact) mass is 389 g/mol. The van der Waals surface area contributed by atoms with Crippen molar-refractivity contribution in [2.75, 3.05) is 6.54 Å². The third kappa shape index (κ3) is 5.42. The number of nitrogens with zero attached hydrogens (tertiary/aromatic N) is 1. The van der Waals surface area contributed by atoms with Crippen molar-refractivity contribution in [1.29, 1.82) is 0 Å². The molecule has 0 bridgehead atoms. The lowest BCUT2D eigenvalue weighted by atomic mass is 10.1. The molecule has 0 spiro atoms. The lowest BCUT2D eigenvalue weighted by Crippen LogP contribution is -2.38. The quantitative estimate of drug-likeness (QED) is 0.369. The number of amides is 2. The van der Waals surface area contributed by atoms with Crippen LogP contribution in [0.1, 0.15) is 24.5 Å². The van der Waals surface area contributed by atoms with Crippen molar-refractivity contribution in [3.63, 3.8) is 0 Å². The zero-order valence-electron chi connectivity index (χ0n) is 16.2. The minimum atomic E-state index is -0.802. The van der Waals surface area contributed by atoms with Gasteiger partial charge in [-0.1, -0.05) is 61.5 Å². The molecule has 6 nitrogen and oxygen atoms in total. The first kappa shape index (κ1) is 20.1. The fraction of sp³-hybridized carbons (Fsp3) is 0.174. The van der Waals surface area contributed by atoms with E-state index in [1.54, 1.807) is 0 Å². The molecule has 0 atom stereocenters. The van der Waals surface area contributed by atoms with Gasteiger partial charge in [0.15, 0.2) is 0 Å². The Bertz CT molecular complexity index is 1030. The van der Waals surface area contributed by atoms with Crippen LogP contribution in [0.25, 0.3) is 10.8 Å². The molecule has 0 radical (unpaired) electrons. The summed E-state index contributed by atoms with van der Waals surface area (Å²) in [5.74, 6) is -0.873. The van der Waals surface area contributed by atoms with Crippen LogP contribution in [-0.4, -0.2) is 24.6 Å². The van der Waals surface area contributed by atoms with Crippen molar-refractivity contribution < 1.29 is 14.3 Å². The van der Waals surface area contributed by atoms with Crippen LogP contribution in [-0.2, 0) is 16.2 Å². The van der Waals surface area contributed by atoms with E-state index >= 15 is 0 Å². The van der Waals surface area contributed by atoms with Gasteiger partial charge in [-0.3, -0.25) is 9.59 Å². The standard InChI is InChI=1S/C23H23N3O3/c1-2-14-24-22(27)23(28)26-25-15-18-9-4-6-13-21(18)29-16-19-11-7-10-17-8-3-5-12-20(17)19/h3-13,15H,2,14,16H2,1H3,(H,24,27)(H,26,28)/b25-15-. The first-order chi connectivity index (χ1) is 14.2. The average Bonchev–Trinajstić information content (AvgIpc) is 2.76. The Morgan fingerprint density at radius 2 is 1.72 bits per heavy atom. The molecule has 3 rings (SSSR count). The molecule has 0 fully saturated rings. The Morgan fingerprint density at radius 1 is 0.966 bits per heavy atom. The van der Waals surface area contributed by atoms with E-state index in [2.05, 4.69) is 34.0 Å². The number of carbonyl (C=O) groups is 2. The lowest BCUT2D eigenvalue weighted by Gasteiger charge is -2.11. The molecule has 0 unspecified atom stereocenters. The van der Waals surface area contributed by atoms with Crippen molar-refractivity contribution in [2.24, 2.45) is 5.10 Å². The number of hydrogen-bond donors (Lipinski definition) is 2. The highest BCUT2D eigenvalue weighted by Gasteiger charge is 2.11. The van der Waals surface area contributed by atoms with E-state index in [1.807, 2.05) is 55.5 Å². The molecule has 0 aliphatic rings. The van der Waals surface area contributed by atoms with Crippen LogP contribution in [0, 0.1) is 0 Å². The van der Waals surface area contributed by atoms with Crippen LogP contribution >= 0.6 is 0 Å². The van der Waals surface area contributed by atoms with Crippen LogP contribution in [0.4, 0.5) is 0 Å². The largest absolute Gasteiger partial charge is 0.488 e. The highest BCUT2D eigenvalue weighted by Crippen LogP contribution is 2.22. The molecule has 3 aromatic carbocycles. The van der Waals surface area contributed by atoms with Gasteiger partial charge in [-0.25, -0.2) is 5.43 Å². The minimum Gasteiger partial charge on any atom is -0.488 e. The number of ether oxygens (including phenoxy) is 1. The number of hydrazone groups is 1. The van der Waals surface area contributed by atoms with Gasteiger partial charge in [0.05, 0.1) is 6.21 Å². The summed E-state index contributed by atoms with van der Waals surface area (Å²) in [6, 6.07) is 21.6. The van der Waals surface area contributed by atoms with Crippen molar-refractivity contribution >= 4 is 28.8 Å². The third-order valence-corrected chi connectivity index (χ3v) is 4.29. The highest BCUT2D eigenvalue weighted by molar-refractivity contribution is 6.35. The molecular formula is C23H23N3O3. The number of rotatable bonds is 7. The van der Waals surface area contributed by atoms with Gasteiger partial charge in [-0.2, -0.15) is 5.10 Å². The van der Waals surface area contributed by atoms with Gasteiger partial charge in [0.1, 0.15) is 12.4 Å². The van der Waals surface area contributed by atoms with Crippen molar-refractivity contribution in [1.82, 2.24) is 10.7 Å². The maximum Gasteiger partial charge on any atom is 0.329 e. The summed E-state index contributed by atoms with van der Waals surface area (Å²) in [6.07, 6.45) is 2.22. The molecule has 0 heterocycles. The molecule has 3 aromatic rings. The number of nitrogens with one attached hydrogen (secondary N) is 2. The van der Waals surface area contributed by atoms with Crippen LogP contribution in [0.2, 0.25) is 0 Å². The van der Waals surface area contributed by atoms with Gasteiger partial charge in [-0.15, -0.1) is 0 Å². The molecule has 0 aliphatic carbocycles. The lowest BCUT2D eigenvalue weighted by molar-refractivity contribution is -0.139. The smallest absolute Gasteiger partial charge is 0.329 e. The van der Waals surface area contributed by atoms with Crippen LogP contribution in [0.15, 0.2) is 71.8 Å². The maximum atomic E-state index is 11.7. The van der Waals surface area contributed by atoms with Gasteiger partial charge in [0.25, 0.3) is 0 Å². The topological polar surface area (TPSA) is 79.8 Å². The van der Waals surface area contributed by atoms with Gasteiger partial charge in [-0.05, 0) is 34.9 Å². The first-order valence-corrected chi connectivity index (χ1v) is 9.48. The predicted octanol–water partition coefficient (Wildman–Crippen LogP) is 3.40. The molecule has 2 N–H and O–H groups in total. The molecule has 0 saturated carbocycles. The molecule has 0 aliphatic heterocycles. The van der Waals surface area contributed by atoms with E-state index in [9.17, 15) is 9.59 Å². The molecule has 6 heteroatoms. The molecule has 2 amide bonds. The van der Waals surface area contributed by atoms with Crippen molar-refractivity contribution in [3.05, 3.63) is 77.9 Å². The molecule has 148 valence electrons. The third-order valence-electron chi connectivity index (χ3n) is 4.29. The number of carbonyl (C=O) groups excluding carboxylic acids is 2. The summed E-state index contributed by atoms with van der Waals surface area (Å²) in [4.78, 5) is 23.2. The zero-order valence-corrected chi connectivity index (χ0v) is 16.2. The van der Waals surface area contributed by atoms with Gasteiger partial charge < -0.3 is 10.1 Å². The second-order valence-electron chi connectivity index (χ2n) is 6.42. The predicted molar refractivity (Wildman–Crippen MR) is 114 cm³/mol. The van der Waals surface area contributed by atoms with Crippen molar-refractivity contribution in [2.45, 2.75) is 20.0 Å². The number of benzene rings is 3. The van der Waals surface area contributed by atoms with E-state index in [0.717, 1.165) is 22.8 Å². The fourth-order valence-corrected chi connectivity index (χ4v) is 2.82. The van der Waals surface area contributed by atoms with Crippen LogP contribution in [0.5, 0.6) is 5.75 Å². The Kier molecular flexibility index (Phi) is 6.95. The summed E-state index contributed by atoms with van der Waals surface area (Å²) in [7, 11) is 0. The maximum absolute atomic E-state index is 11.7. The fourth-order valence-electron chi connectivity index (χ4n) is 2.82. The summed E-state index contributed by atoms with van der Waals surface area (Å²) in [6.45, 7) is 2.75. The van der Waals surface area contributed by atoms with Gasteiger partial charge in [0, 0.05) is 12.1 Å². The second-order valence-corrected chi connectivity index (χ2v) is 6.42. The second kappa shape index (κ2) is 10.0. The summed E-state index contributed by atoms with van der Waals surface area (Å²) >= 11 is 0. The van der Waals surface area contributed by atoms with Gasteiger partial charge in [0.2, 0.25) is 0 Å². The van der Waals surface area contributed by atoms with Crippen LogP contribution < -0.4 is 15.5 Å². The summed E-state index contributed by atoms with van der Waals surface area (Å²) in [5, 5.41) is 8.67. The minimum absolute atomic E-state index is 0.401. The van der Waals surface area contributed by atoms with E-state index in [1.165, 1.54) is 6.21 Å². The number of para-hydroxylation sites is 1. The van der Waals surface area contributed by atoms with E-state index < -0.39 is 11.8 Å². The SMILES string of the molecule is CCCNC(=O)C(=O)N/N=C\c1ccccc1OCc1cccc2ccccc12. The molecule has 0 saturated heterocycles. The van der Waals surface area contributed by atoms with E-state index in [-0.39, 0.29) is 0 Å². The molecule has 29 heavy (non-hydrogen) atoms. The van der Waals surface area contributed by atoms with Crippen molar-refractivity contribution in [3.8, 4) is 5.75 Å². The summed E-state index contributed by atoms with van der Waals surface area (Å²) in [5.41, 5.74) is 4.00. The van der Waals surface area contributed by atoms with E-state index in [4.69, 9.17) is 4.74 Å². The average molecular weight is 389 g/mol. The molecule has 0 aromatic heterocycles. The van der Waals surface area contributed by atoms with Gasteiger partial charge >= 0.3 is 11.8 Å². The normalized spacial score (nSPS) is 10.8. The number of hydrogen-bond acceptors (Lipinski definition) is 4. The van der Waals surface area contributed by atoms with Crippen LogP contribution in [0.3, 0.4) is 0 Å². The molecular weight excluding hydrogens is 366 g/mol. The summed E-state index contributed by atoms with van der Waals surface area (Å²) < 4.78 is 6.01. The zero-order chi connectivity index (χ0) is 20.5. The van der Waals surface area contributed by atoms with E-state index in [0.29, 0.717) is 24.5 Å². The number of fused-ring (bicyclic) bond motifs is 1.